The van der Waals surface area contributed by atoms with Crippen LogP contribution in [-0.4, -0.2) is 28.6 Å². The number of aromatic nitrogens is 1. The van der Waals surface area contributed by atoms with Crippen LogP contribution < -0.4 is 10.6 Å². The maximum atomic E-state index is 13.1. The van der Waals surface area contributed by atoms with Crippen LogP contribution in [0.15, 0.2) is 42.5 Å². The highest BCUT2D eigenvalue weighted by atomic mass is 35.5. The summed E-state index contributed by atoms with van der Waals surface area (Å²) in [4.78, 5) is 16.5. The second kappa shape index (κ2) is 5.08. The molecule has 2 atom stereocenters. The van der Waals surface area contributed by atoms with Crippen LogP contribution >= 0.6 is 11.6 Å². The third-order valence-corrected chi connectivity index (χ3v) is 5.49. The lowest BCUT2D eigenvalue weighted by molar-refractivity contribution is -0.121. The van der Waals surface area contributed by atoms with E-state index in [1.54, 1.807) is 6.07 Å². The Morgan fingerprint density at radius 1 is 1.24 bits per heavy atom. The van der Waals surface area contributed by atoms with Gasteiger partial charge in [0.25, 0.3) is 5.91 Å². The van der Waals surface area contributed by atoms with Gasteiger partial charge in [-0.2, -0.15) is 0 Å². The summed E-state index contributed by atoms with van der Waals surface area (Å²) in [6.45, 7) is -0.0517. The van der Waals surface area contributed by atoms with Gasteiger partial charge < -0.3 is 15.4 Å². The predicted octanol–water partition coefficient (Wildman–Crippen LogP) is 2.52. The molecule has 5 nitrogen and oxygen atoms in total. The minimum absolute atomic E-state index is 0.0517. The molecule has 1 spiro atoms. The van der Waals surface area contributed by atoms with Gasteiger partial charge in [0.1, 0.15) is 0 Å². The lowest BCUT2D eigenvalue weighted by Crippen LogP contribution is -2.58. The van der Waals surface area contributed by atoms with Gasteiger partial charge in [0.15, 0.2) is 5.54 Å². The zero-order valence-electron chi connectivity index (χ0n) is 13.3. The number of aliphatic hydroxyl groups is 1. The Balaban J connectivity index is 1.86. The monoisotopic (exact) mass is 353 g/mol. The summed E-state index contributed by atoms with van der Waals surface area (Å²) in [5.74, 6) is -0.157. The first-order valence-electron chi connectivity index (χ1n) is 8.23. The number of anilines is 1. The quantitative estimate of drug-likeness (QED) is 0.543. The zero-order valence-corrected chi connectivity index (χ0v) is 14.0. The number of rotatable bonds is 1. The second-order valence-electron chi connectivity index (χ2n) is 6.65. The Kier molecular flexibility index (Phi) is 3.04. The summed E-state index contributed by atoms with van der Waals surface area (Å²) < 4.78 is 0. The molecule has 6 heteroatoms. The van der Waals surface area contributed by atoms with E-state index in [9.17, 15) is 9.90 Å². The van der Waals surface area contributed by atoms with Crippen molar-refractivity contribution in [2.75, 3.05) is 11.9 Å². The fraction of sp³-hybridized carbons (Fsp3) is 0.211. The maximum absolute atomic E-state index is 13.1. The molecule has 25 heavy (non-hydrogen) atoms. The average Bonchev–Trinajstić information content (AvgIpc) is 3.12. The van der Waals surface area contributed by atoms with Crippen LogP contribution in [0, 0.1) is 0 Å². The maximum Gasteiger partial charge on any atom is 0.255 e. The molecule has 0 bridgehead atoms. The molecule has 0 fully saturated rings. The third kappa shape index (κ3) is 1.88. The van der Waals surface area contributed by atoms with Crippen molar-refractivity contribution in [3.05, 3.63) is 64.3 Å². The largest absolute Gasteiger partial charge is 0.395 e. The minimum Gasteiger partial charge on any atom is -0.395 e. The summed E-state index contributed by atoms with van der Waals surface area (Å²) in [6.07, 6.45) is 0.654. The minimum atomic E-state index is -1.07. The van der Waals surface area contributed by atoms with Gasteiger partial charge in [0, 0.05) is 33.2 Å². The molecule has 0 saturated heterocycles. The topological polar surface area (TPSA) is 77.2 Å². The predicted molar refractivity (Wildman–Crippen MR) is 96.9 cm³/mol. The van der Waals surface area contributed by atoms with E-state index in [1.165, 1.54) is 0 Å². The molecule has 5 rings (SSSR count). The normalized spacial score (nSPS) is 24.4. The average molecular weight is 354 g/mol. The first-order chi connectivity index (χ1) is 12.1. The molecule has 4 N–H and O–H groups in total. The van der Waals surface area contributed by atoms with Crippen LogP contribution in [0.3, 0.4) is 0 Å². The number of carbonyl (C=O) groups excluding carboxylic acids is 1. The van der Waals surface area contributed by atoms with E-state index in [4.69, 9.17) is 11.6 Å². The van der Waals surface area contributed by atoms with E-state index in [-0.39, 0.29) is 18.6 Å². The number of amides is 1. The van der Waals surface area contributed by atoms with Gasteiger partial charge in [-0.3, -0.25) is 10.1 Å². The number of hydrogen-bond acceptors (Lipinski definition) is 3. The molecule has 1 amide bonds. The number of aromatic amines is 1. The van der Waals surface area contributed by atoms with Crippen molar-refractivity contribution in [3.63, 3.8) is 0 Å². The third-order valence-electron chi connectivity index (χ3n) is 5.25. The van der Waals surface area contributed by atoms with Crippen molar-refractivity contribution in [1.29, 1.82) is 0 Å². The molecule has 0 radical (unpaired) electrons. The van der Waals surface area contributed by atoms with Gasteiger partial charge in [0.2, 0.25) is 0 Å². The van der Waals surface area contributed by atoms with E-state index in [0.717, 1.165) is 33.4 Å². The van der Waals surface area contributed by atoms with Crippen LogP contribution in [-0.2, 0) is 16.8 Å². The van der Waals surface area contributed by atoms with Gasteiger partial charge in [-0.25, -0.2) is 0 Å². The van der Waals surface area contributed by atoms with E-state index >= 15 is 0 Å². The van der Waals surface area contributed by atoms with Gasteiger partial charge in [-0.15, -0.1) is 0 Å². The number of benzene rings is 2. The summed E-state index contributed by atoms with van der Waals surface area (Å²) in [5, 5.41) is 17.8. The Morgan fingerprint density at radius 2 is 2.08 bits per heavy atom. The Morgan fingerprint density at radius 3 is 2.92 bits per heavy atom. The van der Waals surface area contributed by atoms with E-state index in [0.29, 0.717) is 11.4 Å². The standard InChI is InChI=1S/C19H16ClN3O2/c20-10-5-6-16-14(7-10)19(18(25)22-16)17-13(8-11(9-24)23-19)12-3-1-2-4-15(12)21-17/h1-7,11,21,23-24H,8-9H2,(H,22,25)/t11-,19-/m0/s1. The number of halogens is 1. The molecular formula is C19H16ClN3O2. The van der Waals surface area contributed by atoms with Gasteiger partial charge in [-0.1, -0.05) is 29.8 Å². The number of H-pyrrole nitrogens is 1. The van der Waals surface area contributed by atoms with E-state index in [2.05, 4.69) is 15.6 Å². The van der Waals surface area contributed by atoms with E-state index in [1.807, 2.05) is 36.4 Å². The molecule has 2 aliphatic rings. The summed E-state index contributed by atoms with van der Waals surface area (Å²) in [7, 11) is 0. The molecule has 0 aliphatic carbocycles. The Labute approximate surface area is 149 Å². The zero-order chi connectivity index (χ0) is 17.2. The molecule has 126 valence electrons. The Hall–Kier alpha value is -2.34. The van der Waals surface area contributed by atoms with E-state index < -0.39 is 5.54 Å². The molecule has 3 aromatic rings. The van der Waals surface area contributed by atoms with Crippen molar-refractivity contribution < 1.29 is 9.90 Å². The van der Waals surface area contributed by atoms with Crippen LogP contribution in [0.4, 0.5) is 5.69 Å². The fourth-order valence-corrected chi connectivity index (χ4v) is 4.36. The number of carbonyl (C=O) groups is 1. The highest BCUT2D eigenvalue weighted by molar-refractivity contribution is 6.31. The number of para-hydroxylation sites is 1. The first-order valence-corrected chi connectivity index (χ1v) is 8.61. The number of aliphatic hydroxyl groups excluding tert-OH is 1. The Bertz CT molecular complexity index is 1030. The summed E-state index contributed by atoms with van der Waals surface area (Å²) >= 11 is 6.22. The van der Waals surface area contributed by atoms with Crippen LogP contribution in [0.25, 0.3) is 10.9 Å². The molecular weight excluding hydrogens is 338 g/mol. The molecule has 2 aromatic carbocycles. The molecule has 2 aliphatic heterocycles. The molecule has 0 saturated carbocycles. The van der Waals surface area contributed by atoms with Crippen LogP contribution in [0.2, 0.25) is 5.02 Å². The van der Waals surface area contributed by atoms with Crippen molar-refractivity contribution in [2.45, 2.75) is 18.0 Å². The first kappa shape index (κ1) is 15.0. The SMILES string of the molecule is O=C1Nc2ccc(Cl)cc2[C@@]12N[C@H](CO)Cc1c2[nH]c2ccccc12. The molecule has 0 unspecified atom stereocenters. The molecule has 1 aromatic heterocycles. The lowest BCUT2D eigenvalue weighted by Gasteiger charge is -2.37. The van der Waals surface area contributed by atoms with Crippen LogP contribution in [0.1, 0.15) is 16.8 Å². The van der Waals surface area contributed by atoms with Crippen molar-refractivity contribution >= 4 is 34.1 Å². The summed E-state index contributed by atoms with van der Waals surface area (Å²) in [6, 6.07) is 13.2. The summed E-state index contributed by atoms with van der Waals surface area (Å²) in [5.41, 5.74) is 3.34. The number of hydrogen-bond donors (Lipinski definition) is 4. The fourth-order valence-electron chi connectivity index (χ4n) is 4.18. The highest BCUT2D eigenvalue weighted by Crippen LogP contribution is 2.46. The van der Waals surface area contributed by atoms with Gasteiger partial charge in [0.05, 0.1) is 12.3 Å². The van der Waals surface area contributed by atoms with Gasteiger partial charge in [-0.05, 0) is 36.2 Å². The smallest absolute Gasteiger partial charge is 0.255 e. The van der Waals surface area contributed by atoms with Crippen molar-refractivity contribution in [3.8, 4) is 0 Å². The number of fused-ring (bicyclic) bond motifs is 6. The van der Waals surface area contributed by atoms with Crippen molar-refractivity contribution in [1.82, 2.24) is 10.3 Å². The lowest BCUT2D eigenvalue weighted by atomic mass is 9.79. The van der Waals surface area contributed by atoms with Crippen molar-refractivity contribution in [2.24, 2.45) is 0 Å². The number of nitrogens with one attached hydrogen (secondary N) is 3. The van der Waals surface area contributed by atoms with Crippen LogP contribution in [0.5, 0.6) is 0 Å². The highest BCUT2D eigenvalue weighted by Gasteiger charge is 2.53. The second-order valence-corrected chi connectivity index (χ2v) is 7.08. The van der Waals surface area contributed by atoms with Gasteiger partial charge >= 0.3 is 0 Å². The molecule has 3 heterocycles.